The summed E-state index contributed by atoms with van der Waals surface area (Å²) >= 11 is 6.03. The number of halogens is 1. The number of carbonyl (C=O) groups excluding carboxylic acids is 1. The summed E-state index contributed by atoms with van der Waals surface area (Å²) in [5, 5.41) is 11.6. The largest absolute Gasteiger partial charge is 0.352 e. The van der Waals surface area contributed by atoms with E-state index in [0.29, 0.717) is 22.5 Å². The third-order valence-corrected chi connectivity index (χ3v) is 6.54. The van der Waals surface area contributed by atoms with Gasteiger partial charge >= 0.3 is 0 Å². The number of aromatic nitrogens is 3. The molecule has 4 aromatic rings. The van der Waals surface area contributed by atoms with Crippen molar-refractivity contribution in [3.63, 3.8) is 0 Å². The molecule has 1 fully saturated rings. The fourth-order valence-corrected chi connectivity index (χ4v) is 4.36. The fraction of sp³-hybridized carbons (Fsp3) is 0.269. The molecular weight excluding hydrogens is 448 g/mol. The lowest BCUT2D eigenvalue weighted by atomic mass is 9.97. The Kier molecular flexibility index (Phi) is 6.47. The van der Waals surface area contributed by atoms with Gasteiger partial charge in [0.25, 0.3) is 5.91 Å². The Morgan fingerprint density at radius 2 is 1.76 bits per heavy atom. The predicted octanol–water partition coefficient (Wildman–Crippen LogP) is 4.86. The van der Waals surface area contributed by atoms with Crippen LogP contribution in [0.4, 0.5) is 11.6 Å². The minimum atomic E-state index is -0.0380. The van der Waals surface area contributed by atoms with E-state index in [4.69, 9.17) is 11.6 Å². The molecule has 0 aliphatic carbocycles. The summed E-state index contributed by atoms with van der Waals surface area (Å²) in [6.07, 6.45) is 2.26. The second kappa shape index (κ2) is 9.83. The molecule has 2 aromatic heterocycles. The average Bonchev–Trinajstić information content (AvgIpc) is 3.27. The van der Waals surface area contributed by atoms with Gasteiger partial charge in [0, 0.05) is 28.4 Å². The van der Waals surface area contributed by atoms with Crippen LogP contribution in [0.5, 0.6) is 0 Å². The fourth-order valence-electron chi connectivity index (χ4n) is 4.24. The van der Waals surface area contributed by atoms with E-state index < -0.39 is 0 Å². The van der Waals surface area contributed by atoms with Gasteiger partial charge in [-0.05, 0) is 87.4 Å². The Hall–Kier alpha value is -3.42. The molecule has 0 bridgehead atoms. The van der Waals surface area contributed by atoms with E-state index >= 15 is 0 Å². The average molecular weight is 475 g/mol. The van der Waals surface area contributed by atoms with Gasteiger partial charge < -0.3 is 15.5 Å². The standard InChI is InChI=1S/C26H27ClN6O/c1-32-15-13-18(14-16-32)17-28-25(34)20-7-11-22(12-8-20)29-26-30-24-4-2-3-23(33(24)31-26)19-5-9-21(27)10-6-19/h2-12,18H,13-17H2,1H3,(H,28,34)(H,29,31). The van der Waals surface area contributed by atoms with E-state index in [1.807, 2.05) is 66.7 Å². The van der Waals surface area contributed by atoms with Crippen molar-refractivity contribution in [2.75, 3.05) is 32.0 Å². The number of benzene rings is 2. The SMILES string of the molecule is CN1CCC(CNC(=O)c2ccc(Nc3nc4cccc(-c5ccc(Cl)cc5)n4n3)cc2)CC1. The van der Waals surface area contributed by atoms with E-state index in [0.717, 1.165) is 55.1 Å². The number of fused-ring (bicyclic) bond motifs is 1. The quantitative estimate of drug-likeness (QED) is 0.417. The molecular formula is C26H27ClN6O. The number of nitrogens with one attached hydrogen (secondary N) is 2. The lowest BCUT2D eigenvalue weighted by molar-refractivity contribution is 0.0939. The third kappa shape index (κ3) is 5.05. The molecule has 7 nitrogen and oxygen atoms in total. The molecule has 0 unspecified atom stereocenters. The number of likely N-dealkylation sites (tertiary alicyclic amines) is 1. The van der Waals surface area contributed by atoms with Gasteiger partial charge in [0.1, 0.15) is 0 Å². The van der Waals surface area contributed by atoms with Crippen LogP contribution in [0, 0.1) is 5.92 Å². The Bertz CT molecular complexity index is 1280. The Labute approximate surface area is 203 Å². The maximum absolute atomic E-state index is 12.6. The molecule has 0 saturated carbocycles. The van der Waals surface area contributed by atoms with Gasteiger partial charge in [-0.1, -0.05) is 29.8 Å². The number of hydrogen-bond acceptors (Lipinski definition) is 5. The first-order valence-electron chi connectivity index (χ1n) is 11.5. The van der Waals surface area contributed by atoms with Gasteiger partial charge in [-0.15, -0.1) is 5.10 Å². The molecule has 0 spiro atoms. The van der Waals surface area contributed by atoms with Crippen molar-refractivity contribution in [3.05, 3.63) is 77.3 Å². The minimum absolute atomic E-state index is 0.0380. The van der Waals surface area contributed by atoms with Crippen molar-refractivity contribution in [2.45, 2.75) is 12.8 Å². The van der Waals surface area contributed by atoms with Gasteiger partial charge in [0.2, 0.25) is 5.95 Å². The molecule has 3 heterocycles. The van der Waals surface area contributed by atoms with Crippen LogP contribution in [0.3, 0.4) is 0 Å². The number of anilines is 2. The number of carbonyl (C=O) groups is 1. The zero-order chi connectivity index (χ0) is 23.5. The first-order chi connectivity index (χ1) is 16.5. The van der Waals surface area contributed by atoms with Crippen molar-refractivity contribution in [1.29, 1.82) is 0 Å². The third-order valence-electron chi connectivity index (χ3n) is 6.29. The molecule has 0 atom stereocenters. The number of piperidine rings is 1. The first-order valence-corrected chi connectivity index (χ1v) is 11.9. The van der Waals surface area contributed by atoms with Crippen LogP contribution in [-0.4, -0.2) is 52.1 Å². The van der Waals surface area contributed by atoms with Crippen LogP contribution in [0.15, 0.2) is 66.7 Å². The number of amides is 1. The van der Waals surface area contributed by atoms with Gasteiger partial charge in [-0.3, -0.25) is 4.79 Å². The molecule has 1 aliphatic heterocycles. The second-order valence-corrected chi connectivity index (χ2v) is 9.22. The molecule has 1 aliphatic rings. The van der Waals surface area contributed by atoms with Crippen LogP contribution in [-0.2, 0) is 0 Å². The van der Waals surface area contributed by atoms with Crippen molar-refractivity contribution < 1.29 is 4.79 Å². The molecule has 1 amide bonds. The van der Waals surface area contributed by atoms with Crippen LogP contribution >= 0.6 is 11.6 Å². The van der Waals surface area contributed by atoms with Gasteiger partial charge in [0.15, 0.2) is 5.65 Å². The summed E-state index contributed by atoms with van der Waals surface area (Å²) in [5.41, 5.74) is 4.12. The topological polar surface area (TPSA) is 74.6 Å². The van der Waals surface area contributed by atoms with Crippen molar-refractivity contribution in [2.24, 2.45) is 5.92 Å². The van der Waals surface area contributed by atoms with Gasteiger partial charge in [-0.25, -0.2) is 4.52 Å². The highest BCUT2D eigenvalue weighted by Crippen LogP contribution is 2.24. The van der Waals surface area contributed by atoms with Gasteiger partial charge in [-0.2, -0.15) is 4.98 Å². The van der Waals surface area contributed by atoms with E-state index in [1.165, 1.54) is 0 Å². The Morgan fingerprint density at radius 1 is 1.03 bits per heavy atom. The summed E-state index contributed by atoms with van der Waals surface area (Å²) in [6, 6.07) is 20.9. The normalized spacial score (nSPS) is 14.9. The summed E-state index contributed by atoms with van der Waals surface area (Å²) in [5.74, 6) is 1.00. The van der Waals surface area contributed by atoms with Crippen LogP contribution in [0.25, 0.3) is 16.9 Å². The first kappa shape index (κ1) is 22.4. The molecule has 174 valence electrons. The van der Waals surface area contributed by atoms with Crippen LogP contribution in [0.1, 0.15) is 23.2 Å². The second-order valence-electron chi connectivity index (χ2n) is 8.78. The Balaban J connectivity index is 1.25. The number of hydrogen-bond donors (Lipinski definition) is 2. The zero-order valence-corrected chi connectivity index (χ0v) is 19.8. The highest BCUT2D eigenvalue weighted by atomic mass is 35.5. The van der Waals surface area contributed by atoms with E-state index in [1.54, 1.807) is 4.52 Å². The minimum Gasteiger partial charge on any atom is -0.352 e. The molecule has 2 N–H and O–H groups in total. The zero-order valence-electron chi connectivity index (χ0n) is 19.0. The van der Waals surface area contributed by atoms with Gasteiger partial charge in [0.05, 0.1) is 5.69 Å². The van der Waals surface area contributed by atoms with Crippen molar-refractivity contribution in [1.82, 2.24) is 24.8 Å². The molecule has 1 saturated heterocycles. The van der Waals surface area contributed by atoms with Crippen LogP contribution in [0.2, 0.25) is 5.02 Å². The number of pyridine rings is 1. The van der Waals surface area contributed by atoms with Crippen molar-refractivity contribution in [3.8, 4) is 11.3 Å². The lowest BCUT2D eigenvalue weighted by Crippen LogP contribution is -2.36. The summed E-state index contributed by atoms with van der Waals surface area (Å²) in [6.45, 7) is 2.92. The van der Waals surface area contributed by atoms with Crippen molar-refractivity contribution >= 4 is 34.8 Å². The molecule has 8 heteroatoms. The number of nitrogens with zero attached hydrogens (tertiary/aromatic N) is 4. The smallest absolute Gasteiger partial charge is 0.251 e. The molecule has 0 radical (unpaired) electrons. The van der Waals surface area contributed by atoms with E-state index in [2.05, 4.69) is 32.7 Å². The monoisotopic (exact) mass is 474 g/mol. The highest BCUT2D eigenvalue weighted by Gasteiger charge is 2.17. The highest BCUT2D eigenvalue weighted by molar-refractivity contribution is 6.30. The Morgan fingerprint density at radius 3 is 2.50 bits per heavy atom. The maximum Gasteiger partial charge on any atom is 0.251 e. The number of rotatable bonds is 6. The lowest BCUT2D eigenvalue weighted by Gasteiger charge is -2.28. The van der Waals surface area contributed by atoms with E-state index in [9.17, 15) is 4.79 Å². The summed E-state index contributed by atoms with van der Waals surface area (Å²) < 4.78 is 1.80. The van der Waals surface area contributed by atoms with E-state index in [-0.39, 0.29) is 5.91 Å². The predicted molar refractivity (Wildman–Crippen MR) is 136 cm³/mol. The molecule has 34 heavy (non-hydrogen) atoms. The maximum atomic E-state index is 12.6. The summed E-state index contributed by atoms with van der Waals surface area (Å²) in [7, 11) is 2.14. The molecule has 5 rings (SSSR count). The summed E-state index contributed by atoms with van der Waals surface area (Å²) in [4.78, 5) is 19.5. The van der Waals surface area contributed by atoms with Crippen LogP contribution < -0.4 is 10.6 Å². The molecule has 2 aromatic carbocycles.